The molecule has 0 N–H and O–H groups in total. The van der Waals surface area contributed by atoms with E-state index in [9.17, 15) is 4.39 Å². The molecule has 2 aromatic rings. The van der Waals surface area contributed by atoms with Crippen LogP contribution < -0.4 is 0 Å². The first-order valence-corrected chi connectivity index (χ1v) is 6.31. The second-order valence-corrected chi connectivity index (χ2v) is 5.45. The van der Waals surface area contributed by atoms with E-state index < -0.39 is 0 Å². The normalized spacial score (nSPS) is 14.1. The number of hydrogen-bond donors (Lipinski definition) is 0. The van der Waals surface area contributed by atoms with E-state index in [0.717, 1.165) is 35.5 Å². The minimum absolute atomic E-state index is 0.169. The molecule has 0 saturated carbocycles. The number of thiazole rings is 1. The average Bonchev–Trinajstić information content (AvgIpc) is 2.54. The molecule has 3 heteroatoms. The Hall–Kier alpha value is -1.22. The van der Waals surface area contributed by atoms with Gasteiger partial charge in [-0.05, 0) is 43.9 Å². The van der Waals surface area contributed by atoms with Gasteiger partial charge in [0.05, 0.1) is 10.7 Å². The van der Waals surface area contributed by atoms with Crippen LogP contribution in [0.5, 0.6) is 0 Å². The summed E-state index contributed by atoms with van der Waals surface area (Å²) in [7, 11) is 0. The fourth-order valence-electron chi connectivity index (χ4n) is 2.28. The molecule has 0 atom stereocenters. The number of hydrogen-bond acceptors (Lipinski definition) is 2. The van der Waals surface area contributed by atoms with Crippen molar-refractivity contribution in [2.45, 2.75) is 26.2 Å². The predicted octanol–water partition coefficient (Wildman–Crippen LogP) is 3.75. The number of fused-ring (bicyclic) bond motifs is 3. The summed E-state index contributed by atoms with van der Waals surface area (Å²) >= 11 is 1.74. The lowest BCUT2D eigenvalue weighted by atomic mass is 10.0. The van der Waals surface area contributed by atoms with E-state index in [1.54, 1.807) is 23.5 Å². The van der Waals surface area contributed by atoms with Gasteiger partial charge in [-0.1, -0.05) is 6.07 Å². The fraction of sp³-hybridized carbons (Fsp3) is 0.308. The molecule has 1 aliphatic rings. The van der Waals surface area contributed by atoms with Gasteiger partial charge in [0, 0.05) is 10.4 Å². The number of nitrogens with zero attached hydrogens (tertiary/aromatic N) is 1. The lowest BCUT2D eigenvalue weighted by Gasteiger charge is -2.04. The van der Waals surface area contributed by atoms with Crippen LogP contribution in [0.25, 0.3) is 11.3 Å². The standard InChI is InChI=1S/C13H12FNS/c1-8-15-13-11-7-10(14)6-5-9(11)3-2-4-12(13)16-8/h5-7H,2-4H2,1H3. The average molecular weight is 233 g/mol. The van der Waals surface area contributed by atoms with Crippen molar-refractivity contribution in [3.05, 3.63) is 39.5 Å². The van der Waals surface area contributed by atoms with Crippen molar-refractivity contribution in [3.63, 3.8) is 0 Å². The molecule has 1 heterocycles. The van der Waals surface area contributed by atoms with E-state index in [4.69, 9.17) is 0 Å². The summed E-state index contributed by atoms with van der Waals surface area (Å²) in [5.41, 5.74) is 3.23. The summed E-state index contributed by atoms with van der Waals surface area (Å²) in [6.07, 6.45) is 3.22. The highest BCUT2D eigenvalue weighted by atomic mass is 32.1. The van der Waals surface area contributed by atoms with Crippen LogP contribution in [0.4, 0.5) is 4.39 Å². The van der Waals surface area contributed by atoms with Crippen molar-refractivity contribution in [3.8, 4) is 11.3 Å². The highest BCUT2D eigenvalue weighted by Gasteiger charge is 2.18. The van der Waals surface area contributed by atoms with Gasteiger partial charge < -0.3 is 0 Å². The van der Waals surface area contributed by atoms with E-state index in [0.29, 0.717) is 0 Å². The van der Waals surface area contributed by atoms with Crippen LogP contribution in [0, 0.1) is 12.7 Å². The number of aryl methyl sites for hydroxylation is 3. The molecule has 0 aliphatic heterocycles. The fourth-order valence-corrected chi connectivity index (χ4v) is 3.27. The maximum atomic E-state index is 13.3. The van der Waals surface area contributed by atoms with Gasteiger partial charge in [0.1, 0.15) is 5.82 Å². The van der Waals surface area contributed by atoms with Crippen LogP contribution in [0.1, 0.15) is 21.9 Å². The van der Waals surface area contributed by atoms with Gasteiger partial charge in [-0.15, -0.1) is 11.3 Å². The highest BCUT2D eigenvalue weighted by molar-refractivity contribution is 7.12. The second kappa shape index (κ2) is 3.67. The van der Waals surface area contributed by atoms with Crippen LogP contribution in [-0.4, -0.2) is 4.98 Å². The molecule has 0 bridgehead atoms. The number of benzene rings is 1. The van der Waals surface area contributed by atoms with Crippen molar-refractivity contribution in [1.82, 2.24) is 4.98 Å². The topological polar surface area (TPSA) is 12.9 Å². The molecule has 0 unspecified atom stereocenters. The Morgan fingerprint density at radius 2 is 2.19 bits per heavy atom. The molecule has 0 spiro atoms. The largest absolute Gasteiger partial charge is 0.241 e. The zero-order valence-electron chi connectivity index (χ0n) is 9.09. The summed E-state index contributed by atoms with van der Waals surface area (Å²) < 4.78 is 13.3. The van der Waals surface area contributed by atoms with Gasteiger partial charge in [-0.3, -0.25) is 0 Å². The Balaban J connectivity index is 2.27. The number of aromatic nitrogens is 1. The van der Waals surface area contributed by atoms with Crippen molar-refractivity contribution >= 4 is 11.3 Å². The number of rotatable bonds is 0. The van der Waals surface area contributed by atoms with Crippen LogP contribution >= 0.6 is 11.3 Å². The van der Waals surface area contributed by atoms with Crippen molar-refractivity contribution in [2.75, 3.05) is 0 Å². The third-order valence-corrected chi connectivity index (χ3v) is 4.01. The first-order valence-electron chi connectivity index (χ1n) is 5.49. The van der Waals surface area contributed by atoms with Crippen molar-refractivity contribution in [1.29, 1.82) is 0 Å². The summed E-state index contributed by atoms with van der Waals surface area (Å²) in [6.45, 7) is 2.01. The zero-order chi connectivity index (χ0) is 11.1. The Labute approximate surface area is 98.0 Å². The van der Waals surface area contributed by atoms with E-state index in [-0.39, 0.29) is 5.82 Å². The van der Waals surface area contributed by atoms with Gasteiger partial charge in [-0.2, -0.15) is 0 Å². The second-order valence-electron chi connectivity index (χ2n) is 4.16. The summed E-state index contributed by atoms with van der Waals surface area (Å²) in [5, 5.41) is 1.07. The quantitative estimate of drug-likeness (QED) is 0.675. The van der Waals surface area contributed by atoms with Gasteiger partial charge in [0.15, 0.2) is 0 Å². The van der Waals surface area contributed by atoms with E-state index in [1.807, 2.05) is 13.0 Å². The molecule has 0 saturated heterocycles. The Kier molecular flexibility index (Phi) is 2.28. The molecular weight excluding hydrogens is 221 g/mol. The summed E-state index contributed by atoms with van der Waals surface area (Å²) in [6, 6.07) is 5.07. The van der Waals surface area contributed by atoms with Gasteiger partial charge in [0.25, 0.3) is 0 Å². The van der Waals surface area contributed by atoms with Gasteiger partial charge in [0.2, 0.25) is 0 Å². The van der Waals surface area contributed by atoms with E-state index >= 15 is 0 Å². The lowest BCUT2D eigenvalue weighted by molar-refractivity contribution is 0.627. The molecule has 0 radical (unpaired) electrons. The third-order valence-electron chi connectivity index (χ3n) is 2.98. The highest BCUT2D eigenvalue weighted by Crippen LogP contribution is 2.35. The molecule has 1 aromatic heterocycles. The molecule has 0 fully saturated rings. The Morgan fingerprint density at radius 3 is 3.06 bits per heavy atom. The number of halogens is 1. The van der Waals surface area contributed by atoms with Crippen LogP contribution in [-0.2, 0) is 12.8 Å². The molecule has 82 valence electrons. The lowest BCUT2D eigenvalue weighted by Crippen LogP contribution is -1.89. The summed E-state index contributed by atoms with van der Waals surface area (Å²) in [4.78, 5) is 5.85. The molecule has 1 nitrogen and oxygen atoms in total. The molecular formula is C13H12FNS. The SMILES string of the molecule is Cc1nc2c(s1)CCCc1ccc(F)cc1-2. The van der Waals surface area contributed by atoms with Crippen molar-refractivity contribution < 1.29 is 4.39 Å². The molecule has 16 heavy (non-hydrogen) atoms. The minimum atomic E-state index is -0.169. The first-order chi connectivity index (χ1) is 7.74. The Bertz CT molecular complexity index is 545. The first kappa shape index (κ1) is 9.97. The predicted molar refractivity (Wildman–Crippen MR) is 64.3 cm³/mol. The molecule has 1 aliphatic carbocycles. The molecule has 0 amide bonds. The van der Waals surface area contributed by atoms with Gasteiger partial charge in [-0.25, -0.2) is 9.37 Å². The maximum absolute atomic E-state index is 13.3. The van der Waals surface area contributed by atoms with E-state index in [1.165, 1.54) is 10.4 Å². The monoisotopic (exact) mass is 233 g/mol. The minimum Gasteiger partial charge on any atom is -0.241 e. The van der Waals surface area contributed by atoms with E-state index in [2.05, 4.69) is 4.98 Å². The Morgan fingerprint density at radius 1 is 1.31 bits per heavy atom. The third kappa shape index (κ3) is 1.55. The zero-order valence-corrected chi connectivity index (χ0v) is 9.90. The van der Waals surface area contributed by atoms with Crippen LogP contribution in [0.3, 0.4) is 0 Å². The maximum Gasteiger partial charge on any atom is 0.123 e. The van der Waals surface area contributed by atoms with Crippen LogP contribution in [0.15, 0.2) is 18.2 Å². The molecule has 3 rings (SSSR count). The summed E-state index contributed by atoms with van der Waals surface area (Å²) in [5.74, 6) is -0.169. The smallest absolute Gasteiger partial charge is 0.123 e. The molecule has 1 aromatic carbocycles. The van der Waals surface area contributed by atoms with Crippen molar-refractivity contribution in [2.24, 2.45) is 0 Å². The van der Waals surface area contributed by atoms with Crippen LogP contribution in [0.2, 0.25) is 0 Å². The van der Waals surface area contributed by atoms with Gasteiger partial charge >= 0.3 is 0 Å².